The Kier molecular flexibility index (Phi) is 8.67. The molecule has 130 valence electrons. The van der Waals surface area contributed by atoms with Crippen LogP contribution in [0.3, 0.4) is 0 Å². The molecule has 0 aromatic heterocycles. The van der Waals surface area contributed by atoms with Crippen molar-refractivity contribution in [3.63, 3.8) is 0 Å². The smallest absolute Gasteiger partial charge is 0.0536 e. The lowest BCUT2D eigenvalue weighted by molar-refractivity contribution is 0.194. The first kappa shape index (κ1) is 19.7. The van der Waals surface area contributed by atoms with Gasteiger partial charge < -0.3 is 5.73 Å². The van der Waals surface area contributed by atoms with E-state index in [4.69, 9.17) is 5.73 Å². The van der Waals surface area contributed by atoms with E-state index in [-0.39, 0.29) is 5.54 Å². The van der Waals surface area contributed by atoms with Crippen LogP contribution in [-0.4, -0.2) is 18.3 Å². The highest BCUT2D eigenvalue weighted by Gasteiger charge is 2.29. The zero-order chi connectivity index (χ0) is 16.5. The third kappa shape index (κ3) is 6.40. The largest absolute Gasteiger partial charge is 0.320 e. The Morgan fingerprint density at radius 2 is 1.45 bits per heavy atom. The monoisotopic (exact) mass is 308 g/mol. The number of unbranched alkanes of at least 4 members (excludes halogenated alkanes) is 1. The van der Waals surface area contributed by atoms with Crippen LogP contribution >= 0.6 is 0 Å². The van der Waals surface area contributed by atoms with E-state index in [1.54, 1.807) is 0 Å². The fourth-order valence-corrected chi connectivity index (χ4v) is 4.03. The van der Waals surface area contributed by atoms with Crippen molar-refractivity contribution in [3.05, 3.63) is 0 Å². The summed E-state index contributed by atoms with van der Waals surface area (Å²) in [5, 5.41) is 0. The van der Waals surface area contributed by atoms with Gasteiger partial charge in [-0.25, -0.2) is 0 Å². The van der Waals surface area contributed by atoms with Crippen LogP contribution in [0.1, 0.15) is 104 Å². The van der Waals surface area contributed by atoms with Crippen LogP contribution in [0.4, 0.5) is 0 Å². The molecule has 0 aromatic carbocycles. The van der Waals surface area contributed by atoms with Crippen molar-refractivity contribution in [1.29, 1.82) is 0 Å². The molecule has 0 heterocycles. The van der Waals surface area contributed by atoms with E-state index in [1.807, 2.05) is 14.0 Å². The summed E-state index contributed by atoms with van der Waals surface area (Å²) >= 11 is 0. The molecule has 0 saturated heterocycles. The van der Waals surface area contributed by atoms with Crippen LogP contribution < -0.4 is 5.73 Å². The normalized spacial score (nSPS) is 24.3. The van der Waals surface area contributed by atoms with Crippen LogP contribution in [0.2, 0.25) is 0 Å². The van der Waals surface area contributed by atoms with Gasteiger partial charge >= 0.3 is 0 Å². The Bertz CT molecular complexity index is 321. The molecular formula is C20H40N2. The summed E-state index contributed by atoms with van der Waals surface area (Å²) < 4.78 is 0. The number of hydrogen-bond donors (Lipinski definition) is 1. The molecule has 2 nitrogen and oxygen atoms in total. The molecule has 0 atom stereocenters. The molecule has 0 spiro atoms. The van der Waals surface area contributed by atoms with E-state index < -0.39 is 0 Å². The summed E-state index contributed by atoms with van der Waals surface area (Å²) in [4.78, 5) is 4.18. The molecule has 0 amide bonds. The molecule has 2 aliphatic rings. The average molecular weight is 309 g/mol. The lowest BCUT2D eigenvalue weighted by Gasteiger charge is -2.33. The van der Waals surface area contributed by atoms with Gasteiger partial charge in [0.2, 0.25) is 0 Å². The first-order valence-corrected chi connectivity index (χ1v) is 9.68. The zero-order valence-electron chi connectivity index (χ0n) is 15.7. The Balaban J connectivity index is 0.000000220. The molecule has 0 aliphatic heterocycles. The van der Waals surface area contributed by atoms with Crippen molar-refractivity contribution in [2.45, 2.75) is 110 Å². The minimum absolute atomic E-state index is 0.0625. The van der Waals surface area contributed by atoms with Gasteiger partial charge in [0.25, 0.3) is 0 Å². The Labute approximate surface area is 139 Å². The lowest BCUT2D eigenvalue weighted by atomic mass is 9.73. The van der Waals surface area contributed by atoms with E-state index >= 15 is 0 Å². The molecule has 2 saturated carbocycles. The SMILES string of the molecule is CCCCC1(C)CCCCC1.CN=C(C)C1(N)CCCCC1. The van der Waals surface area contributed by atoms with Crippen LogP contribution in [0.25, 0.3) is 0 Å². The number of nitrogens with zero attached hydrogens (tertiary/aromatic N) is 1. The summed E-state index contributed by atoms with van der Waals surface area (Å²) in [5.74, 6) is 0. The molecule has 0 unspecified atom stereocenters. The Hall–Kier alpha value is -0.370. The second-order valence-electron chi connectivity index (χ2n) is 8.00. The molecule has 22 heavy (non-hydrogen) atoms. The minimum Gasteiger partial charge on any atom is -0.320 e. The second-order valence-corrected chi connectivity index (χ2v) is 8.00. The molecule has 2 fully saturated rings. The summed E-state index contributed by atoms with van der Waals surface area (Å²) in [5.41, 5.74) is 7.97. The lowest BCUT2D eigenvalue weighted by Crippen LogP contribution is -2.48. The van der Waals surface area contributed by atoms with E-state index in [2.05, 4.69) is 18.8 Å². The Morgan fingerprint density at radius 3 is 1.91 bits per heavy atom. The van der Waals surface area contributed by atoms with Gasteiger partial charge in [-0.1, -0.05) is 65.2 Å². The fourth-order valence-electron chi connectivity index (χ4n) is 4.03. The standard InChI is InChI=1S/C11H22.C9H18N2/c1-3-4-8-11(2)9-6-5-7-10-11;1-8(11-2)9(10)6-4-3-5-7-9/h3-10H2,1-2H3;3-7,10H2,1-2H3. The van der Waals surface area contributed by atoms with Crippen molar-refractivity contribution in [2.75, 3.05) is 7.05 Å². The van der Waals surface area contributed by atoms with Gasteiger partial charge in [-0.2, -0.15) is 0 Å². The van der Waals surface area contributed by atoms with Gasteiger partial charge in [-0.3, -0.25) is 4.99 Å². The second kappa shape index (κ2) is 9.70. The molecule has 0 radical (unpaired) electrons. The molecular weight excluding hydrogens is 268 g/mol. The number of aliphatic imine (C=N–C) groups is 1. The first-order valence-electron chi connectivity index (χ1n) is 9.68. The van der Waals surface area contributed by atoms with E-state index in [9.17, 15) is 0 Å². The number of rotatable bonds is 4. The number of nitrogens with two attached hydrogens (primary N) is 1. The molecule has 2 aliphatic carbocycles. The third-order valence-corrected chi connectivity index (χ3v) is 6.00. The van der Waals surface area contributed by atoms with E-state index in [0.717, 1.165) is 24.0 Å². The summed E-state index contributed by atoms with van der Waals surface area (Å²) in [6.07, 6.45) is 17.9. The van der Waals surface area contributed by atoms with Crippen molar-refractivity contribution < 1.29 is 0 Å². The fraction of sp³-hybridized carbons (Fsp3) is 0.950. The van der Waals surface area contributed by atoms with Gasteiger partial charge in [0.05, 0.1) is 5.54 Å². The van der Waals surface area contributed by atoms with Gasteiger partial charge in [0.15, 0.2) is 0 Å². The van der Waals surface area contributed by atoms with Crippen molar-refractivity contribution in [1.82, 2.24) is 0 Å². The highest BCUT2D eigenvalue weighted by atomic mass is 14.8. The summed E-state index contributed by atoms with van der Waals surface area (Å²) in [6, 6.07) is 0. The van der Waals surface area contributed by atoms with Gasteiger partial charge in [0.1, 0.15) is 0 Å². The van der Waals surface area contributed by atoms with Gasteiger partial charge in [-0.15, -0.1) is 0 Å². The van der Waals surface area contributed by atoms with Crippen molar-refractivity contribution in [2.24, 2.45) is 16.1 Å². The number of hydrogen-bond acceptors (Lipinski definition) is 2. The average Bonchev–Trinajstić information content (AvgIpc) is 2.54. The van der Waals surface area contributed by atoms with E-state index in [0.29, 0.717) is 0 Å². The van der Waals surface area contributed by atoms with Gasteiger partial charge in [0, 0.05) is 12.8 Å². The topological polar surface area (TPSA) is 38.4 Å². The highest BCUT2D eigenvalue weighted by molar-refractivity contribution is 5.91. The predicted octanol–water partition coefficient (Wildman–Crippen LogP) is 5.89. The third-order valence-electron chi connectivity index (χ3n) is 6.00. The maximum absolute atomic E-state index is 6.18. The van der Waals surface area contributed by atoms with Crippen LogP contribution in [0.5, 0.6) is 0 Å². The quantitative estimate of drug-likeness (QED) is 0.646. The van der Waals surface area contributed by atoms with Crippen LogP contribution in [0.15, 0.2) is 4.99 Å². The van der Waals surface area contributed by atoms with Crippen LogP contribution in [-0.2, 0) is 0 Å². The minimum atomic E-state index is -0.0625. The zero-order valence-corrected chi connectivity index (χ0v) is 15.7. The molecule has 2 heteroatoms. The maximum atomic E-state index is 6.18. The van der Waals surface area contributed by atoms with Crippen molar-refractivity contribution in [3.8, 4) is 0 Å². The summed E-state index contributed by atoms with van der Waals surface area (Å²) in [7, 11) is 1.83. The van der Waals surface area contributed by atoms with Crippen LogP contribution in [0, 0.1) is 5.41 Å². The maximum Gasteiger partial charge on any atom is 0.0536 e. The molecule has 0 aromatic rings. The van der Waals surface area contributed by atoms with Gasteiger partial charge in [-0.05, 0) is 44.4 Å². The highest BCUT2D eigenvalue weighted by Crippen LogP contribution is 2.39. The predicted molar refractivity (Wildman–Crippen MR) is 99.8 cm³/mol. The summed E-state index contributed by atoms with van der Waals surface area (Å²) in [6.45, 7) is 6.83. The Morgan fingerprint density at radius 1 is 0.955 bits per heavy atom. The molecule has 2 rings (SSSR count). The molecule has 2 N–H and O–H groups in total. The van der Waals surface area contributed by atoms with E-state index in [1.165, 1.54) is 70.6 Å². The first-order chi connectivity index (χ1) is 10.5. The molecule has 0 bridgehead atoms. The van der Waals surface area contributed by atoms with Crippen molar-refractivity contribution >= 4 is 5.71 Å².